The lowest BCUT2D eigenvalue weighted by atomic mass is 9.81. The van der Waals surface area contributed by atoms with Crippen LogP contribution in [-0.4, -0.2) is 9.97 Å². The summed E-state index contributed by atoms with van der Waals surface area (Å²) in [5.74, 6) is 0.718. The van der Waals surface area contributed by atoms with Crippen LogP contribution in [-0.2, 0) is 5.41 Å². The molecule has 0 N–H and O–H groups in total. The molecule has 9 aromatic rings. The summed E-state index contributed by atoms with van der Waals surface area (Å²) >= 11 is 0. The summed E-state index contributed by atoms with van der Waals surface area (Å²) in [4.78, 5) is 10.1. The van der Waals surface area contributed by atoms with Crippen LogP contribution in [0.15, 0.2) is 182 Å². The molecule has 10 rings (SSSR count). The van der Waals surface area contributed by atoms with Crippen LogP contribution >= 0.6 is 0 Å². The van der Waals surface area contributed by atoms with E-state index in [4.69, 9.17) is 9.97 Å². The second-order valence-corrected chi connectivity index (χ2v) is 14.6. The van der Waals surface area contributed by atoms with Crippen molar-refractivity contribution in [2.24, 2.45) is 0 Å². The Hall–Kier alpha value is -6.64. The molecular formula is C51H36N2. The van der Waals surface area contributed by atoms with E-state index in [0.717, 1.165) is 39.5 Å². The van der Waals surface area contributed by atoms with Crippen molar-refractivity contribution in [1.29, 1.82) is 0 Å². The van der Waals surface area contributed by atoms with Crippen LogP contribution in [0.4, 0.5) is 0 Å². The molecule has 1 aliphatic rings. The van der Waals surface area contributed by atoms with Crippen molar-refractivity contribution in [3.8, 4) is 67.3 Å². The van der Waals surface area contributed by atoms with Gasteiger partial charge < -0.3 is 0 Å². The SMILES string of the molecule is CC1(C)c2cc3ccccc3cc2-c2c(-c3ccc(-c4cccc(-c5cc(-c6ccccc6)nc(-c6ccccc6)n5)c4)c4ccccc34)cccc21. The van der Waals surface area contributed by atoms with Crippen molar-refractivity contribution in [1.82, 2.24) is 9.97 Å². The first-order valence-corrected chi connectivity index (χ1v) is 18.3. The largest absolute Gasteiger partial charge is 0.228 e. The average Bonchev–Trinajstić information content (AvgIpc) is 3.45. The quantitative estimate of drug-likeness (QED) is 0.181. The molecule has 0 saturated carbocycles. The van der Waals surface area contributed by atoms with E-state index in [0.29, 0.717) is 0 Å². The molecule has 0 saturated heterocycles. The summed E-state index contributed by atoms with van der Waals surface area (Å²) < 4.78 is 0. The molecule has 0 spiro atoms. The van der Waals surface area contributed by atoms with Gasteiger partial charge in [0.25, 0.3) is 0 Å². The predicted molar refractivity (Wildman–Crippen MR) is 222 cm³/mol. The van der Waals surface area contributed by atoms with Crippen molar-refractivity contribution < 1.29 is 0 Å². The summed E-state index contributed by atoms with van der Waals surface area (Å²) in [7, 11) is 0. The monoisotopic (exact) mass is 676 g/mol. The van der Waals surface area contributed by atoms with Crippen LogP contribution in [0.1, 0.15) is 25.0 Å². The minimum absolute atomic E-state index is 0.0946. The maximum atomic E-state index is 5.12. The first-order chi connectivity index (χ1) is 26.0. The smallest absolute Gasteiger partial charge is 0.160 e. The molecule has 0 bridgehead atoms. The number of nitrogens with zero attached hydrogens (tertiary/aromatic N) is 2. The van der Waals surface area contributed by atoms with Gasteiger partial charge in [-0.05, 0) is 90.3 Å². The van der Waals surface area contributed by atoms with Crippen molar-refractivity contribution >= 4 is 21.5 Å². The van der Waals surface area contributed by atoms with Crippen molar-refractivity contribution in [3.05, 3.63) is 193 Å². The predicted octanol–water partition coefficient (Wildman–Crippen LogP) is 13.4. The molecule has 8 aromatic carbocycles. The summed E-state index contributed by atoms with van der Waals surface area (Å²) in [5.41, 5.74) is 15.2. The lowest BCUT2D eigenvalue weighted by Gasteiger charge is -2.22. The van der Waals surface area contributed by atoms with Crippen LogP contribution in [0.2, 0.25) is 0 Å². The molecule has 0 amide bonds. The van der Waals surface area contributed by atoms with Gasteiger partial charge in [0.2, 0.25) is 0 Å². The first-order valence-electron chi connectivity index (χ1n) is 18.3. The van der Waals surface area contributed by atoms with Gasteiger partial charge >= 0.3 is 0 Å². The minimum Gasteiger partial charge on any atom is -0.228 e. The number of aromatic nitrogens is 2. The Bertz CT molecular complexity index is 2790. The molecule has 0 atom stereocenters. The molecular weight excluding hydrogens is 641 g/mol. The second-order valence-electron chi connectivity index (χ2n) is 14.6. The molecule has 53 heavy (non-hydrogen) atoms. The molecule has 0 aliphatic heterocycles. The van der Waals surface area contributed by atoms with Gasteiger partial charge in [0.05, 0.1) is 11.4 Å². The molecule has 1 aromatic heterocycles. The van der Waals surface area contributed by atoms with E-state index in [1.54, 1.807) is 0 Å². The van der Waals surface area contributed by atoms with Gasteiger partial charge in [-0.15, -0.1) is 0 Å². The van der Waals surface area contributed by atoms with Crippen LogP contribution in [0.3, 0.4) is 0 Å². The Balaban J connectivity index is 1.12. The highest BCUT2D eigenvalue weighted by Gasteiger charge is 2.37. The Kier molecular flexibility index (Phi) is 7.19. The Morgan fingerprint density at radius 1 is 0.358 bits per heavy atom. The Morgan fingerprint density at radius 3 is 1.68 bits per heavy atom. The van der Waals surface area contributed by atoms with Crippen LogP contribution in [0.25, 0.3) is 88.8 Å². The lowest BCUT2D eigenvalue weighted by Crippen LogP contribution is -2.14. The molecule has 0 fully saturated rings. The van der Waals surface area contributed by atoms with E-state index in [1.807, 2.05) is 24.3 Å². The van der Waals surface area contributed by atoms with Crippen molar-refractivity contribution in [2.45, 2.75) is 19.3 Å². The number of hydrogen-bond acceptors (Lipinski definition) is 2. The van der Waals surface area contributed by atoms with Gasteiger partial charge in [-0.1, -0.05) is 172 Å². The summed E-state index contributed by atoms with van der Waals surface area (Å²) in [6, 6.07) is 65.4. The van der Waals surface area contributed by atoms with Crippen molar-refractivity contribution in [2.75, 3.05) is 0 Å². The number of hydrogen-bond donors (Lipinski definition) is 0. The molecule has 2 heteroatoms. The molecule has 250 valence electrons. The number of rotatable bonds is 5. The van der Waals surface area contributed by atoms with E-state index >= 15 is 0 Å². The van der Waals surface area contributed by atoms with Gasteiger partial charge in [-0.3, -0.25) is 0 Å². The zero-order valence-electron chi connectivity index (χ0n) is 29.7. The summed E-state index contributed by atoms with van der Waals surface area (Å²) in [5, 5.41) is 5.05. The van der Waals surface area contributed by atoms with E-state index in [-0.39, 0.29) is 5.41 Å². The minimum atomic E-state index is -0.0946. The van der Waals surface area contributed by atoms with E-state index < -0.39 is 0 Å². The first kappa shape index (κ1) is 31.1. The zero-order chi connectivity index (χ0) is 35.5. The maximum Gasteiger partial charge on any atom is 0.160 e. The number of benzene rings is 8. The molecule has 2 nitrogen and oxygen atoms in total. The van der Waals surface area contributed by atoms with Gasteiger partial charge in [-0.2, -0.15) is 0 Å². The van der Waals surface area contributed by atoms with Gasteiger partial charge in [0, 0.05) is 22.1 Å². The zero-order valence-corrected chi connectivity index (χ0v) is 29.7. The lowest BCUT2D eigenvalue weighted by molar-refractivity contribution is 0.661. The Morgan fingerprint density at radius 2 is 0.925 bits per heavy atom. The fraction of sp³-hybridized carbons (Fsp3) is 0.0588. The second kappa shape index (κ2) is 12.3. The standard InChI is InChI=1S/C51H36N2/c1-51(2)45-26-14-25-43(49(45)44-30-35-19-9-10-20-36(35)31-46(44)51)42-28-27-39(40-23-11-12-24-41(40)42)37-21-13-22-38(29-37)48-32-47(33-15-5-3-6-16-33)52-50(53-48)34-17-7-4-8-18-34/h3-32H,1-2H3. The van der Waals surface area contributed by atoms with Gasteiger partial charge in [0.1, 0.15) is 0 Å². The van der Waals surface area contributed by atoms with Crippen LogP contribution in [0, 0.1) is 0 Å². The highest BCUT2D eigenvalue weighted by molar-refractivity contribution is 6.09. The third-order valence-electron chi connectivity index (χ3n) is 11.1. The normalized spacial score (nSPS) is 12.9. The third-order valence-corrected chi connectivity index (χ3v) is 11.1. The van der Waals surface area contributed by atoms with Crippen LogP contribution in [0.5, 0.6) is 0 Å². The molecule has 0 radical (unpaired) electrons. The molecule has 1 aliphatic carbocycles. The fourth-order valence-electron chi connectivity index (χ4n) is 8.40. The average molecular weight is 677 g/mol. The van der Waals surface area contributed by atoms with Crippen LogP contribution < -0.4 is 0 Å². The summed E-state index contributed by atoms with van der Waals surface area (Å²) in [6.07, 6.45) is 0. The molecule has 0 unspecified atom stereocenters. The van der Waals surface area contributed by atoms with Gasteiger partial charge in [-0.25, -0.2) is 9.97 Å². The Labute approximate surface area is 310 Å². The van der Waals surface area contributed by atoms with E-state index in [9.17, 15) is 0 Å². The summed E-state index contributed by atoms with van der Waals surface area (Å²) in [6.45, 7) is 4.74. The van der Waals surface area contributed by atoms with E-state index in [2.05, 4.69) is 172 Å². The fourth-order valence-corrected chi connectivity index (χ4v) is 8.40. The number of fused-ring (bicyclic) bond motifs is 5. The third kappa shape index (κ3) is 5.18. The molecule has 1 heterocycles. The highest BCUT2D eigenvalue weighted by atomic mass is 14.9. The van der Waals surface area contributed by atoms with Gasteiger partial charge in [0.15, 0.2) is 5.82 Å². The van der Waals surface area contributed by atoms with E-state index in [1.165, 1.54) is 60.5 Å². The van der Waals surface area contributed by atoms with Crippen molar-refractivity contribution in [3.63, 3.8) is 0 Å². The topological polar surface area (TPSA) is 25.8 Å². The highest BCUT2D eigenvalue weighted by Crippen LogP contribution is 2.54. The maximum absolute atomic E-state index is 5.12.